The Balaban J connectivity index is 2.54. The Kier molecular flexibility index (Phi) is 2.82. The van der Waals surface area contributed by atoms with Gasteiger partial charge in [0.1, 0.15) is 0 Å². The van der Waals surface area contributed by atoms with E-state index in [9.17, 15) is 4.79 Å². The molecule has 4 N–H and O–H groups in total. The van der Waals surface area contributed by atoms with Crippen molar-refractivity contribution in [3.63, 3.8) is 0 Å². The van der Waals surface area contributed by atoms with E-state index in [0.717, 1.165) is 5.69 Å². The molecule has 1 unspecified atom stereocenters. The fourth-order valence-corrected chi connectivity index (χ4v) is 0.933. The molecule has 0 radical (unpaired) electrons. The van der Waals surface area contributed by atoms with Crippen molar-refractivity contribution in [3.05, 3.63) is 18.2 Å². The lowest BCUT2D eigenvalue weighted by Gasteiger charge is -2.06. The van der Waals surface area contributed by atoms with Crippen LogP contribution in [0.3, 0.4) is 0 Å². The minimum Gasteiger partial charge on any atom is -0.481 e. The highest BCUT2D eigenvalue weighted by Gasteiger charge is 2.16. The van der Waals surface area contributed by atoms with E-state index in [2.05, 4.69) is 9.97 Å². The molecule has 0 saturated heterocycles. The van der Waals surface area contributed by atoms with Gasteiger partial charge in [0.05, 0.1) is 12.2 Å². The highest BCUT2D eigenvalue weighted by atomic mass is 16.4. The van der Waals surface area contributed by atoms with Gasteiger partial charge in [0.25, 0.3) is 0 Å². The maximum Gasteiger partial charge on any atom is 0.308 e. The van der Waals surface area contributed by atoms with Gasteiger partial charge in [-0.05, 0) is 0 Å². The number of aromatic amines is 1. The summed E-state index contributed by atoms with van der Waals surface area (Å²) in [7, 11) is 0. The van der Waals surface area contributed by atoms with Crippen molar-refractivity contribution in [2.45, 2.75) is 6.42 Å². The number of aliphatic carboxylic acids is 1. The van der Waals surface area contributed by atoms with Crippen molar-refractivity contribution in [2.75, 3.05) is 6.54 Å². The minimum atomic E-state index is -0.868. The number of rotatable bonds is 4. The summed E-state index contributed by atoms with van der Waals surface area (Å²) in [4.78, 5) is 17.1. The fraction of sp³-hybridized carbons (Fsp3) is 0.429. The van der Waals surface area contributed by atoms with E-state index in [1.807, 2.05) is 0 Å². The molecule has 0 spiro atoms. The van der Waals surface area contributed by atoms with Crippen LogP contribution in [0, 0.1) is 5.92 Å². The van der Waals surface area contributed by atoms with Crippen LogP contribution in [0.5, 0.6) is 0 Å². The van der Waals surface area contributed by atoms with E-state index in [4.69, 9.17) is 10.8 Å². The second-order valence-corrected chi connectivity index (χ2v) is 2.55. The number of nitrogens with zero attached hydrogens (tertiary/aromatic N) is 1. The van der Waals surface area contributed by atoms with Gasteiger partial charge in [-0.25, -0.2) is 4.98 Å². The Morgan fingerprint density at radius 1 is 1.83 bits per heavy atom. The first-order valence-corrected chi connectivity index (χ1v) is 3.64. The molecule has 1 rings (SSSR count). The Labute approximate surface area is 69.6 Å². The number of carboxylic acids is 1. The molecule has 0 bridgehead atoms. The van der Waals surface area contributed by atoms with Gasteiger partial charge in [-0.15, -0.1) is 0 Å². The molecule has 0 aromatic carbocycles. The lowest BCUT2D eigenvalue weighted by Crippen LogP contribution is -2.25. The van der Waals surface area contributed by atoms with Crippen molar-refractivity contribution in [1.82, 2.24) is 9.97 Å². The van der Waals surface area contributed by atoms with Gasteiger partial charge in [-0.2, -0.15) is 0 Å². The van der Waals surface area contributed by atoms with Crippen molar-refractivity contribution < 1.29 is 9.90 Å². The summed E-state index contributed by atoms with van der Waals surface area (Å²) in [5, 5.41) is 8.66. The van der Waals surface area contributed by atoms with Gasteiger partial charge in [0, 0.05) is 24.9 Å². The molecule has 0 amide bonds. The highest BCUT2D eigenvalue weighted by Crippen LogP contribution is 2.03. The van der Waals surface area contributed by atoms with Crippen LogP contribution < -0.4 is 5.73 Å². The van der Waals surface area contributed by atoms with Crippen molar-refractivity contribution in [2.24, 2.45) is 11.7 Å². The number of carbonyl (C=O) groups is 1. The molecule has 0 aliphatic heterocycles. The molecule has 5 nitrogen and oxygen atoms in total. The van der Waals surface area contributed by atoms with E-state index in [1.54, 1.807) is 6.20 Å². The summed E-state index contributed by atoms with van der Waals surface area (Å²) in [6.07, 6.45) is 3.53. The quantitative estimate of drug-likeness (QED) is 0.572. The summed E-state index contributed by atoms with van der Waals surface area (Å²) in [6, 6.07) is 0. The molecular weight excluding hydrogens is 158 g/mol. The van der Waals surface area contributed by atoms with Crippen LogP contribution in [0.4, 0.5) is 0 Å². The molecule has 12 heavy (non-hydrogen) atoms. The standard InChI is InChI=1S/C7H11N3O2/c8-2-5(7(11)12)1-6-3-9-4-10-6/h3-5H,1-2,8H2,(H,9,10)(H,11,12). The van der Waals surface area contributed by atoms with E-state index >= 15 is 0 Å². The van der Waals surface area contributed by atoms with Crippen LogP contribution in [0.1, 0.15) is 5.69 Å². The number of hydrogen-bond acceptors (Lipinski definition) is 3. The summed E-state index contributed by atoms with van der Waals surface area (Å²) in [5.74, 6) is -1.39. The zero-order chi connectivity index (χ0) is 8.97. The SMILES string of the molecule is NCC(Cc1cnc[nH]1)C(=O)O. The summed E-state index contributed by atoms with van der Waals surface area (Å²) in [6.45, 7) is 0.147. The first-order chi connectivity index (χ1) is 5.74. The molecule has 0 aliphatic carbocycles. The molecule has 0 saturated carbocycles. The van der Waals surface area contributed by atoms with Crippen LogP contribution in [-0.2, 0) is 11.2 Å². The molecule has 0 aliphatic rings. The predicted molar refractivity (Wildman–Crippen MR) is 42.5 cm³/mol. The van der Waals surface area contributed by atoms with Gasteiger partial charge < -0.3 is 15.8 Å². The lowest BCUT2D eigenvalue weighted by molar-refractivity contribution is -0.141. The first kappa shape index (κ1) is 8.73. The Bertz CT molecular complexity index is 245. The third-order valence-corrected chi connectivity index (χ3v) is 1.65. The van der Waals surface area contributed by atoms with E-state index in [-0.39, 0.29) is 6.54 Å². The lowest BCUT2D eigenvalue weighted by atomic mass is 10.0. The number of nitrogens with two attached hydrogens (primary N) is 1. The number of imidazole rings is 1. The van der Waals surface area contributed by atoms with Crippen LogP contribution in [0.2, 0.25) is 0 Å². The summed E-state index contributed by atoms with van der Waals surface area (Å²) >= 11 is 0. The maximum absolute atomic E-state index is 10.5. The summed E-state index contributed by atoms with van der Waals surface area (Å²) in [5.41, 5.74) is 6.07. The monoisotopic (exact) mass is 169 g/mol. The van der Waals surface area contributed by atoms with Crippen LogP contribution >= 0.6 is 0 Å². The largest absolute Gasteiger partial charge is 0.481 e. The molecular formula is C7H11N3O2. The van der Waals surface area contributed by atoms with Crippen LogP contribution in [0.25, 0.3) is 0 Å². The van der Waals surface area contributed by atoms with Crippen LogP contribution in [-0.4, -0.2) is 27.6 Å². The van der Waals surface area contributed by atoms with Gasteiger partial charge in [-0.1, -0.05) is 0 Å². The maximum atomic E-state index is 10.5. The molecule has 1 atom stereocenters. The van der Waals surface area contributed by atoms with Gasteiger partial charge in [-0.3, -0.25) is 4.79 Å². The van der Waals surface area contributed by atoms with Gasteiger partial charge in [0.15, 0.2) is 0 Å². The third kappa shape index (κ3) is 2.06. The molecule has 1 aromatic rings. The first-order valence-electron chi connectivity index (χ1n) is 3.64. The third-order valence-electron chi connectivity index (χ3n) is 1.65. The Morgan fingerprint density at radius 3 is 3.00 bits per heavy atom. The number of hydrogen-bond donors (Lipinski definition) is 3. The number of aromatic nitrogens is 2. The zero-order valence-corrected chi connectivity index (χ0v) is 6.53. The van der Waals surface area contributed by atoms with Gasteiger partial charge in [0.2, 0.25) is 0 Å². The van der Waals surface area contributed by atoms with Crippen molar-refractivity contribution >= 4 is 5.97 Å². The number of carboxylic acid groups (broad SMARTS) is 1. The van der Waals surface area contributed by atoms with E-state index < -0.39 is 11.9 Å². The Hall–Kier alpha value is -1.36. The predicted octanol–water partition coefficient (Wildman–Crippen LogP) is -0.388. The smallest absolute Gasteiger partial charge is 0.308 e. The number of H-pyrrole nitrogens is 1. The summed E-state index contributed by atoms with van der Waals surface area (Å²) < 4.78 is 0. The zero-order valence-electron chi connectivity index (χ0n) is 6.53. The average Bonchev–Trinajstić information content (AvgIpc) is 2.51. The van der Waals surface area contributed by atoms with Crippen molar-refractivity contribution in [3.8, 4) is 0 Å². The minimum absolute atomic E-state index is 0.147. The molecule has 66 valence electrons. The fourth-order valence-electron chi connectivity index (χ4n) is 0.933. The Morgan fingerprint density at radius 2 is 2.58 bits per heavy atom. The van der Waals surface area contributed by atoms with Crippen molar-refractivity contribution in [1.29, 1.82) is 0 Å². The molecule has 1 heterocycles. The van der Waals surface area contributed by atoms with Crippen LogP contribution in [0.15, 0.2) is 12.5 Å². The van der Waals surface area contributed by atoms with Gasteiger partial charge >= 0.3 is 5.97 Å². The highest BCUT2D eigenvalue weighted by molar-refractivity contribution is 5.70. The number of nitrogens with one attached hydrogen (secondary N) is 1. The second kappa shape index (κ2) is 3.87. The topological polar surface area (TPSA) is 92.0 Å². The molecule has 0 fully saturated rings. The normalized spacial score (nSPS) is 12.8. The van der Waals surface area contributed by atoms with E-state index in [0.29, 0.717) is 6.42 Å². The second-order valence-electron chi connectivity index (χ2n) is 2.55. The molecule has 5 heteroatoms. The van der Waals surface area contributed by atoms with E-state index in [1.165, 1.54) is 6.33 Å². The average molecular weight is 169 g/mol. The molecule has 1 aromatic heterocycles.